The molecule has 0 atom stereocenters. The summed E-state index contributed by atoms with van der Waals surface area (Å²) in [6.45, 7) is 2.65. The molecule has 4 heterocycles. The van der Waals surface area contributed by atoms with Gasteiger partial charge in [0.05, 0.1) is 22.3 Å². The third kappa shape index (κ3) is 3.46. The van der Waals surface area contributed by atoms with Crippen LogP contribution in [0.25, 0.3) is 16.7 Å². The molecule has 3 N–H and O–H groups in total. The number of aryl methyl sites for hydroxylation is 1. The number of carbonyl (C=O) groups is 1. The largest absolute Gasteiger partial charge is 0.477 e. The quantitative estimate of drug-likeness (QED) is 0.474. The normalized spacial score (nSPS) is 12.9. The second kappa shape index (κ2) is 7.56. The minimum atomic E-state index is -1.37. The van der Waals surface area contributed by atoms with Crippen LogP contribution in [-0.2, 0) is 13.1 Å². The van der Waals surface area contributed by atoms with E-state index in [1.165, 1.54) is 35.2 Å². The van der Waals surface area contributed by atoms with E-state index in [4.69, 9.17) is 17.3 Å². The zero-order valence-corrected chi connectivity index (χ0v) is 18.1. The minimum absolute atomic E-state index is 0.0580. The van der Waals surface area contributed by atoms with E-state index in [-0.39, 0.29) is 21.9 Å². The zero-order chi connectivity index (χ0) is 23.4. The number of aromatic carboxylic acids is 1. The summed E-state index contributed by atoms with van der Waals surface area (Å²) >= 11 is 6.51. The standard InChI is InChI=1S/C23H17ClFN5O3/c1-11-4-19(26)27-7-18(11)30-10-16(23(32)33)20(31)15-6-17(24)22(28-21(15)30)29-8-12-2-3-14(25)5-13(12)9-29/h2-7,10H,8-9H2,1H3,(H2,26,27)(H,32,33). The molecule has 0 spiro atoms. The lowest BCUT2D eigenvalue weighted by molar-refractivity contribution is 0.0695. The SMILES string of the molecule is Cc1cc(N)ncc1-n1cc(C(=O)O)c(=O)c2cc(Cl)c(N3Cc4ccc(F)cc4C3)nc21. The van der Waals surface area contributed by atoms with Crippen molar-refractivity contribution in [2.75, 3.05) is 10.6 Å². The molecule has 10 heteroatoms. The van der Waals surface area contributed by atoms with Crippen molar-refractivity contribution in [1.82, 2.24) is 14.5 Å². The van der Waals surface area contributed by atoms with Crippen molar-refractivity contribution in [3.05, 3.63) is 86.0 Å². The number of nitrogens with two attached hydrogens (primary N) is 1. The van der Waals surface area contributed by atoms with Crippen LogP contribution in [0.3, 0.4) is 0 Å². The number of aromatic nitrogens is 3. The number of benzene rings is 1. The van der Waals surface area contributed by atoms with E-state index in [1.807, 2.05) is 4.90 Å². The van der Waals surface area contributed by atoms with Crippen molar-refractivity contribution < 1.29 is 14.3 Å². The highest BCUT2D eigenvalue weighted by Gasteiger charge is 2.25. The van der Waals surface area contributed by atoms with E-state index in [2.05, 4.69) is 9.97 Å². The van der Waals surface area contributed by atoms with Crippen molar-refractivity contribution in [3.63, 3.8) is 0 Å². The van der Waals surface area contributed by atoms with Gasteiger partial charge < -0.3 is 15.7 Å². The van der Waals surface area contributed by atoms with E-state index in [9.17, 15) is 19.1 Å². The fraction of sp³-hybridized carbons (Fsp3) is 0.130. The monoisotopic (exact) mass is 465 g/mol. The number of fused-ring (bicyclic) bond motifs is 2. The van der Waals surface area contributed by atoms with Crippen LogP contribution in [0, 0.1) is 12.7 Å². The molecule has 0 saturated carbocycles. The van der Waals surface area contributed by atoms with Gasteiger partial charge in [-0.1, -0.05) is 17.7 Å². The minimum Gasteiger partial charge on any atom is -0.477 e. The molecule has 166 valence electrons. The van der Waals surface area contributed by atoms with Crippen molar-refractivity contribution in [2.45, 2.75) is 20.0 Å². The molecule has 0 radical (unpaired) electrons. The third-order valence-corrected chi connectivity index (χ3v) is 5.98. The summed E-state index contributed by atoms with van der Waals surface area (Å²) in [5, 5.41) is 9.83. The van der Waals surface area contributed by atoms with Crippen LogP contribution < -0.4 is 16.1 Å². The highest BCUT2D eigenvalue weighted by Crippen LogP contribution is 2.34. The number of anilines is 2. The number of rotatable bonds is 3. The average Bonchev–Trinajstić information content (AvgIpc) is 3.17. The molecule has 8 nitrogen and oxygen atoms in total. The van der Waals surface area contributed by atoms with Gasteiger partial charge in [-0.15, -0.1) is 0 Å². The van der Waals surface area contributed by atoms with Gasteiger partial charge in [0.1, 0.15) is 17.2 Å². The maximum atomic E-state index is 13.7. The van der Waals surface area contributed by atoms with Crippen molar-refractivity contribution in [1.29, 1.82) is 0 Å². The van der Waals surface area contributed by atoms with Crippen molar-refractivity contribution in [3.8, 4) is 5.69 Å². The Balaban J connectivity index is 1.75. The lowest BCUT2D eigenvalue weighted by atomic mass is 10.1. The predicted octanol–water partition coefficient (Wildman–Crippen LogP) is 3.68. The second-order valence-corrected chi connectivity index (χ2v) is 8.28. The fourth-order valence-corrected chi connectivity index (χ4v) is 4.38. The maximum Gasteiger partial charge on any atom is 0.341 e. The Labute approximate surface area is 191 Å². The van der Waals surface area contributed by atoms with Gasteiger partial charge in [0.2, 0.25) is 5.43 Å². The summed E-state index contributed by atoms with van der Waals surface area (Å²) < 4.78 is 15.2. The third-order valence-electron chi connectivity index (χ3n) is 5.70. The first-order valence-electron chi connectivity index (χ1n) is 9.97. The molecule has 0 amide bonds. The molecule has 0 saturated heterocycles. The number of hydrogen-bond donors (Lipinski definition) is 2. The molecule has 33 heavy (non-hydrogen) atoms. The van der Waals surface area contributed by atoms with Gasteiger partial charge in [-0.3, -0.25) is 9.36 Å². The average molecular weight is 466 g/mol. The Morgan fingerprint density at radius 1 is 1.21 bits per heavy atom. The zero-order valence-electron chi connectivity index (χ0n) is 17.3. The number of pyridine rings is 3. The lowest BCUT2D eigenvalue weighted by Crippen LogP contribution is -2.22. The molecule has 1 aliphatic rings. The Bertz CT molecular complexity index is 1540. The van der Waals surface area contributed by atoms with Crippen LogP contribution in [0.1, 0.15) is 27.0 Å². The number of nitrogens with zero attached hydrogens (tertiary/aromatic N) is 4. The van der Waals surface area contributed by atoms with Crippen LogP contribution in [0.4, 0.5) is 16.0 Å². The number of carboxylic acid groups (broad SMARTS) is 1. The molecule has 1 aromatic carbocycles. The summed E-state index contributed by atoms with van der Waals surface area (Å²) in [7, 11) is 0. The molecule has 4 aromatic rings. The Morgan fingerprint density at radius 2 is 1.97 bits per heavy atom. The molecule has 0 fully saturated rings. The van der Waals surface area contributed by atoms with Gasteiger partial charge in [-0.05, 0) is 47.9 Å². The first-order valence-corrected chi connectivity index (χ1v) is 10.3. The summed E-state index contributed by atoms with van der Waals surface area (Å²) in [6.07, 6.45) is 2.72. The van der Waals surface area contributed by atoms with Gasteiger partial charge in [-0.2, -0.15) is 0 Å². The summed E-state index contributed by atoms with van der Waals surface area (Å²) in [6, 6.07) is 7.66. The first kappa shape index (κ1) is 20.9. The number of carboxylic acids is 1. The molecule has 0 unspecified atom stereocenters. The van der Waals surface area contributed by atoms with Gasteiger partial charge in [-0.25, -0.2) is 19.2 Å². The topological polar surface area (TPSA) is 114 Å². The molecular weight excluding hydrogens is 449 g/mol. The maximum absolute atomic E-state index is 13.7. The summed E-state index contributed by atoms with van der Waals surface area (Å²) in [5.74, 6) is -0.986. The highest BCUT2D eigenvalue weighted by molar-refractivity contribution is 6.33. The Morgan fingerprint density at radius 3 is 2.70 bits per heavy atom. The Hall–Kier alpha value is -3.98. The predicted molar refractivity (Wildman–Crippen MR) is 123 cm³/mol. The molecule has 0 aliphatic carbocycles. The van der Waals surface area contributed by atoms with Gasteiger partial charge in [0.15, 0.2) is 11.5 Å². The highest BCUT2D eigenvalue weighted by atomic mass is 35.5. The fourth-order valence-electron chi connectivity index (χ4n) is 4.11. The van der Waals surface area contributed by atoms with Crippen LogP contribution >= 0.6 is 11.6 Å². The molecule has 0 bridgehead atoms. The van der Waals surface area contributed by atoms with Crippen LogP contribution in [0.2, 0.25) is 5.02 Å². The number of halogens is 2. The second-order valence-electron chi connectivity index (χ2n) is 7.88. The summed E-state index contributed by atoms with van der Waals surface area (Å²) in [4.78, 5) is 35.3. The van der Waals surface area contributed by atoms with Crippen molar-refractivity contribution in [2.24, 2.45) is 0 Å². The smallest absolute Gasteiger partial charge is 0.341 e. The molecule has 3 aromatic heterocycles. The lowest BCUT2D eigenvalue weighted by Gasteiger charge is -2.20. The van der Waals surface area contributed by atoms with Gasteiger partial charge in [0.25, 0.3) is 0 Å². The van der Waals surface area contributed by atoms with E-state index < -0.39 is 17.0 Å². The Kier molecular flexibility index (Phi) is 4.79. The van der Waals surface area contributed by atoms with Crippen molar-refractivity contribution >= 4 is 40.2 Å². The van der Waals surface area contributed by atoms with Gasteiger partial charge >= 0.3 is 5.97 Å². The number of nitrogen functional groups attached to an aromatic ring is 1. The van der Waals surface area contributed by atoms with Crippen LogP contribution in [0.5, 0.6) is 0 Å². The van der Waals surface area contributed by atoms with Gasteiger partial charge in [0, 0.05) is 19.3 Å². The van der Waals surface area contributed by atoms with E-state index in [0.29, 0.717) is 36.0 Å². The molecule has 5 rings (SSSR count). The number of hydrogen-bond acceptors (Lipinski definition) is 6. The molecule has 1 aliphatic heterocycles. The first-order chi connectivity index (χ1) is 15.7. The van der Waals surface area contributed by atoms with E-state index >= 15 is 0 Å². The van der Waals surface area contributed by atoms with E-state index in [1.54, 1.807) is 19.1 Å². The molecular formula is C23H17ClFN5O3. The van der Waals surface area contributed by atoms with E-state index in [0.717, 1.165) is 11.1 Å². The van der Waals surface area contributed by atoms with Crippen LogP contribution in [-0.4, -0.2) is 25.6 Å². The summed E-state index contributed by atoms with van der Waals surface area (Å²) in [5.41, 5.74) is 7.88. The van der Waals surface area contributed by atoms with Crippen LogP contribution in [0.15, 0.2) is 47.5 Å².